The topological polar surface area (TPSA) is 91.6 Å². The van der Waals surface area contributed by atoms with Gasteiger partial charge in [0, 0.05) is 19.3 Å². The van der Waals surface area contributed by atoms with Crippen LogP contribution in [0.4, 0.5) is 0 Å². The molecule has 3 aromatic heterocycles. The molecule has 0 saturated carbocycles. The molecule has 0 spiro atoms. The van der Waals surface area contributed by atoms with Gasteiger partial charge in [0.2, 0.25) is 0 Å². The van der Waals surface area contributed by atoms with Crippen LogP contribution < -0.4 is 5.76 Å². The van der Waals surface area contributed by atoms with E-state index in [-0.39, 0.29) is 6.61 Å². The number of oxazole rings is 1. The maximum atomic E-state index is 12.3. The molecule has 8 nitrogen and oxygen atoms in total. The third-order valence-electron chi connectivity index (χ3n) is 4.10. The molecule has 8 heteroatoms. The Bertz CT molecular complexity index is 1170. The Morgan fingerprint density at radius 1 is 1.32 bits per heavy atom. The number of rotatable bonds is 3. The second-order valence-electron chi connectivity index (χ2n) is 5.66. The van der Waals surface area contributed by atoms with E-state index in [0.29, 0.717) is 28.0 Å². The lowest BCUT2D eigenvalue weighted by molar-refractivity contribution is 0.0470. The lowest BCUT2D eigenvalue weighted by Crippen LogP contribution is -2.11. The van der Waals surface area contributed by atoms with Gasteiger partial charge in [-0.1, -0.05) is 6.07 Å². The lowest BCUT2D eigenvalue weighted by atomic mass is 10.2. The van der Waals surface area contributed by atoms with Crippen molar-refractivity contribution in [2.24, 2.45) is 7.05 Å². The fourth-order valence-electron chi connectivity index (χ4n) is 2.69. The van der Waals surface area contributed by atoms with Gasteiger partial charge in [0.1, 0.15) is 6.61 Å². The Morgan fingerprint density at radius 2 is 2.16 bits per heavy atom. The minimum atomic E-state index is -0.489. The predicted octanol–water partition coefficient (Wildman–Crippen LogP) is 1.84. The Labute approximate surface area is 141 Å². The molecule has 0 saturated heterocycles. The number of hydrogen-bond acceptors (Lipinski definition) is 6. The maximum absolute atomic E-state index is 12.3. The maximum Gasteiger partial charge on any atom is 0.419 e. The summed E-state index contributed by atoms with van der Waals surface area (Å²) in [7, 11) is 1.63. The van der Waals surface area contributed by atoms with Crippen LogP contribution in [0.1, 0.15) is 21.6 Å². The van der Waals surface area contributed by atoms with Crippen LogP contribution >= 0.6 is 0 Å². The molecule has 126 valence electrons. The second-order valence-corrected chi connectivity index (χ2v) is 5.66. The van der Waals surface area contributed by atoms with E-state index in [4.69, 9.17) is 9.15 Å². The molecule has 0 N–H and O–H groups in total. The van der Waals surface area contributed by atoms with Crippen molar-refractivity contribution in [1.29, 1.82) is 0 Å². The Hall–Kier alpha value is -3.42. The minimum absolute atomic E-state index is 0.0595. The van der Waals surface area contributed by atoms with E-state index in [2.05, 4.69) is 10.1 Å². The average molecular weight is 338 g/mol. The van der Waals surface area contributed by atoms with Gasteiger partial charge in [0.05, 0.1) is 23.0 Å². The van der Waals surface area contributed by atoms with Crippen LogP contribution in [0.2, 0.25) is 0 Å². The van der Waals surface area contributed by atoms with Gasteiger partial charge in [-0.2, -0.15) is 5.10 Å². The van der Waals surface area contributed by atoms with Crippen molar-refractivity contribution < 1.29 is 13.9 Å². The third-order valence-corrected chi connectivity index (χ3v) is 4.10. The zero-order chi connectivity index (χ0) is 17.6. The van der Waals surface area contributed by atoms with Crippen molar-refractivity contribution >= 4 is 22.7 Å². The first-order valence-corrected chi connectivity index (χ1v) is 7.59. The molecule has 0 unspecified atom stereocenters. The zero-order valence-electron chi connectivity index (χ0n) is 13.6. The molecule has 25 heavy (non-hydrogen) atoms. The van der Waals surface area contributed by atoms with E-state index in [1.807, 2.05) is 0 Å². The smallest absolute Gasteiger partial charge is 0.419 e. The number of esters is 1. The number of hydrogen-bond donors (Lipinski definition) is 0. The molecule has 0 atom stereocenters. The molecule has 4 aromatic rings. The number of nitrogens with zero attached hydrogens (tertiary/aromatic N) is 4. The van der Waals surface area contributed by atoms with E-state index < -0.39 is 11.7 Å². The van der Waals surface area contributed by atoms with Crippen molar-refractivity contribution in [3.8, 4) is 0 Å². The molecular weight excluding hydrogens is 324 g/mol. The second kappa shape index (κ2) is 5.59. The number of benzene rings is 1. The molecule has 0 aliphatic heterocycles. The summed E-state index contributed by atoms with van der Waals surface area (Å²) in [6.07, 6.45) is 3.10. The van der Waals surface area contributed by atoms with Crippen LogP contribution in [-0.4, -0.2) is 25.1 Å². The van der Waals surface area contributed by atoms with Gasteiger partial charge in [-0.25, -0.2) is 19.1 Å². The summed E-state index contributed by atoms with van der Waals surface area (Å²) in [5, 5.41) is 4.13. The first-order valence-electron chi connectivity index (χ1n) is 7.59. The monoisotopic (exact) mass is 338 g/mol. The summed E-state index contributed by atoms with van der Waals surface area (Å²) >= 11 is 0. The summed E-state index contributed by atoms with van der Waals surface area (Å²) in [5.41, 5.74) is 3.54. The number of carbonyl (C=O) groups is 1. The average Bonchev–Trinajstić information content (AvgIpc) is 3.19. The van der Waals surface area contributed by atoms with Gasteiger partial charge >= 0.3 is 11.7 Å². The van der Waals surface area contributed by atoms with Gasteiger partial charge in [-0.05, 0) is 24.6 Å². The van der Waals surface area contributed by atoms with Crippen molar-refractivity contribution in [3.63, 3.8) is 0 Å². The largest absolute Gasteiger partial charge is 0.457 e. The Kier molecular flexibility index (Phi) is 3.38. The van der Waals surface area contributed by atoms with Crippen molar-refractivity contribution in [2.75, 3.05) is 0 Å². The molecule has 1 aromatic carbocycles. The zero-order valence-corrected chi connectivity index (χ0v) is 13.6. The highest BCUT2D eigenvalue weighted by Gasteiger charge is 2.15. The van der Waals surface area contributed by atoms with Crippen LogP contribution in [-0.2, 0) is 18.4 Å². The fraction of sp³-hybridized carbons (Fsp3) is 0.176. The van der Waals surface area contributed by atoms with Crippen LogP contribution in [0.15, 0.2) is 45.9 Å². The van der Waals surface area contributed by atoms with Crippen molar-refractivity contribution in [2.45, 2.75) is 13.5 Å². The first-order chi connectivity index (χ1) is 12.0. The summed E-state index contributed by atoms with van der Waals surface area (Å²) in [5.74, 6) is -0.921. The molecule has 0 fully saturated rings. The summed E-state index contributed by atoms with van der Waals surface area (Å²) in [6, 6.07) is 6.98. The number of fused-ring (bicyclic) bond motifs is 2. The molecule has 0 bridgehead atoms. The van der Waals surface area contributed by atoms with Gasteiger partial charge in [0.25, 0.3) is 0 Å². The van der Waals surface area contributed by atoms with Gasteiger partial charge in [-0.3, -0.25) is 4.57 Å². The molecule has 0 aliphatic rings. The normalized spacial score (nSPS) is 11.3. The van der Waals surface area contributed by atoms with Crippen LogP contribution in [0, 0.1) is 6.92 Å². The summed E-state index contributed by atoms with van der Waals surface area (Å²) < 4.78 is 13.5. The number of aromatic nitrogens is 4. The SMILES string of the molecule is Cc1c(C(=O)OCc2ccc3c(c2)oc(=O)n3C)cnc2ccnn12. The number of carbonyl (C=O) groups excluding carboxylic acids is 1. The predicted molar refractivity (Wildman–Crippen MR) is 88.3 cm³/mol. The van der Waals surface area contributed by atoms with Crippen LogP contribution in [0.3, 0.4) is 0 Å². The highest BCUT2D eigenvalue weighted by atomic mass is 16.5. The molecule has 0 amide bonds. The van der Waals surface area contributed by atoms with Crippen molar-refractivity contribution in [1.82, 2.24) is 19.2 Å². The summed E-state index contributed by atoms with van der Waals surface area (Å²) in [4.78, 5) is 28.0. The van der Waals surface area contributed by atoms with Gasteiger partial charge < -0.3 is 9.15 Å². The van der Waals surface area contributed by atoms with E-state index in [1.165, 1.54) is 10.8 Å². The standard InChI is InChI=1S/C17H14N4O4/c1-10-12(8-18-15-5-6-19-21(10)15)16(22)24-9-11-3-4-13-14(7-11)25-17(23)20(13)2/h3-8H,9H2,1-2H3. The first kappa shape index (κ1) is 15.1. The van der Waals surface area contributed by atoms with Crippen molar-refractivity contribution in [3.05, 3.63) is 64.0 Å². The highest BCUT2D eigenvalue weighted by molar-refractivity contribution is 5.90. The highest BCUT2D eigenvalue weighted by Crippen LogP contribution is 2.16. The molecule has 0 aliphatic carbocycles. The molecular formula is C17H14N4O4. The van der Waals surface area contributed by atoms with E-state index in [1.54, 1.807) is 48.9 Å². The number of aryl methyl sites for hydroxylation is 2. The quantitative estimate of drug-likeness (QED) is 0.529. The van der Waals surface area contributed by atoms with Crippen LogP contribution in [0.25, 0.3) is 16.7 Å². The molecule has 3 heterocycles. The lowest BCUT2D eigenvalue weighted by Gasteiger charge is -2.08. The molecule has 0 radical (unpaired) electrons. The summed E-state index contributed by atoms with van der Waals surface area (Å²) in [6.45, 7) is 1.84. The fourth-order valence-corrected chi connectivity index (χ4v) is 2.69. The van der Waals surface area contributed by atoms with Gasteiger partial charge in [-0.15, -0.1) is 0 Å². The number of ether oxygens (including phenoxy) is 1. The van der Waals surface area contributed by atoms with E-state index >= 15 is 0 Å². The van der Waals surface area contributed by atoms with E-state index in [9.17, 15) is 9.59 Å². The Morgan fingerprint density at radius 3 is 3.00 bits per heavy atom. The van der Waals surface area contributed by atoms with Gasteiger partial charge in [0.15, 0.2) is 11.2 Å². The van der Waals surface area contributed by atoms with Crippen LogP contribution in [0.5, 0.6) is 0 Å². The Balaban J connectivity index is 1.56. The third kappa shape index (κ3) is 2.47. The molecule has 4 rings (SSSR count). The van der Waals surface area contributed by atoms with E-state index in [0.717, 1.165) is 5.56 Å². The minimum Gasteiger partial charge on any atom is -0.457 e.